The maximum Gasteiger partial charge on any atom is 0.190 e. The van der Waals surface area contributed by atoms with Gasteiger partial charge in [-0.2, -0.15) is 0 Å². The molecule has 2 aromatic heterocycles. The highest BCUT2D eigenvalue weighted by atomic mass is 35.5. The van der Waals surface area contributed by atoms with E-state index in [2.05, 4.69) is 9.88 Å². The first-order valence-corrected chi connectivity index (χ1v) is 10.9. The van der Waals surface area contributed by atoms with Crippen LogP contribution < -0.4 is 0 Å². The number of rotatable bonds is 4. The van der Waals surface area contributed by atoms with Gasteiger partial charge >= 0.3 is 0 Å². The summed E-state index contributed by atoms with van der Waals surface area (Å²) < 4.78 is 5.39. The number of morpholine rings is 1. The van der Waals surface area contributed by atoms with Crippen molar-refractivity contribution < 1.29 is 4.74 Å². The van der Waals surface area contributed by atoms with Crippen LogP contribution in [0.5, 0.6) is 0 Å². The molecule has 3 heterocycles. The highest BCUT2D eigenvalue weighted by Crippen LogP contribution is 2.38. The molecule has 24 heavy (non-hydrogen) atoms. The second kappa shape index (κ2) is 7.87. The van der Waals surface area contributed by atoms with Gasteiger partial charge in [0, 0.05) is 30.3 Å². The second-order valence-electron chi connectivity index (χ2n) is 6.34. The van der Waals surface area contributed by atoms with Gasteiger partial charge in [-0.1, -0.05) is 29.8 Å². The zero-order valence-corrected chi connectivity index (χ0v) is 16.1. The number of nitrogens with zero attached hydrogens (tertiary/aromatic N) is 3. The molecule has 0 unspecified atom stereocenters. The van der Waals surface area contributed by atoms with Crippen LogP contribution in [0.3, 0.4) is 0 Å². The molecule has 2 aliphatic rings. The molecule has 0 aromatic carbocycles. The zero-order chi connectivity index (χ0) is 16.4. The number of aromatic nitrogens is 2. The Morgan fingerprint density at radius 3 is 2.83 bits per heavy atom. The molecule has 0 N–H and O–H groups in total. The van der Waals surface area contributed by atoms with E-state index < -0.39 is 0 Å². The Bertz CT molecular complexity index is 715. The molecule has 0 atom stereocenters. The number of hydrogen-bond donors (Lipinski definition) is 0. The van der Waals surface area contributed by atoms with Gasteiger partial charge in [0.25, 0.3) is 0 Å². The third-order valence-corrected chi connectivity index (χ3v) is 7.03. The Labute approximate surface area is 155 Å². The highest BCUT2D eigenvalue weighted by molar-refractivity contribution is 7.99. The van der Waals surface area contributed by atoms with Crippen LogP contribution in [0.25, 0.3) is 10.2 Å². The zero-order valence-electron chi connectivity index (χ0n) is 13.7. The van der Waals surface area contributed by atoms with E-state index in [1.165, 1.54) is 36.1 Å². The summed E-state index contributed by atoms with van der Waals surface area (Å²) in [5, 5.41) is 2.58. The van der Waals surface area contributed by atoms with Crippen LogP contribution in [0.1, 0.15) is 29.7 Å². The molecular formula is C17H22ClN3OS2. The van der Waals surface area contributed by atoms with E-state index in [1.807, 2.05) is 11.3 Å². The van der Waals surface area contributed by atoms with Gasteiger partial charge in [0.2, 0.25) is 0 Å². The summed E-state index contributed by atoms with van der Waals surface area (Å²) in [6.45, 7) is 4.80. The number of hydrogen-bond acceptors (Lipinski definition) is 6. The number of fused-ring (bicyclic) bond motifs is 3. The van der Waals surface area contributed by atoms with Crippen LogP contribution in [0.4, 0.5) is 0 Å². The minimum Gasteiger partial charge on any atom is -0.379 e. The predicted molar refractivity (Wildman–Crippen MR) is 102 cm³/mol. The van der Waals surface area contributed by atoms with Crippen LogP contribution in [-0.4, -0.2) is 53.5 Å². The van der Waals surface area contributed by atoms with Crippen molar-refractivity contribution in [2.24, 2.45) is 0 Å². The van der Waals surface area contributed by atoms with Crippen LogP contribution in [0.2, 0.25) is 5.15 Å². The van der Waals surface area contributed by atoms with Crippen molar-refractivity contribution in [1.29, 1.82) is 0 Å². The molecule has 0 saturated carbocycles. The summed E-state index contributed by atoms with van der Waals surface area (Å²) in [5.41, 5.74) is 1.42. The lowest BCUT2D eigenvalue weighted by Gasteiger charge is -2.26. The van der Waals surface area contributed by atoms with Crippen molar-refractivity contribution in [2.75, 3.05) is 38.6 Å². The summed E-state index contributed by atoms with van der Waals surface area (Å²) >= 11 is 10.1. The third-order valence-electron chi connectivity index (χ3n) is 4.74. The molecule has 0 spiro atoms. The first kappa shape index (κ1) is 17.0. The summed E-state index contributed by atoms with van der Waals surface area (Å²) in [5.74, 6) is 0.993. The van der Waals surface area contributed by atoms with Crippen molar-refractivity contribution in [2.45, 2.75) is 37.3 Å². The monoisotopic (exact) mass is 383 g/mol. The largest absolute Gasteiger partial charge is 0.379 e. The van der Waals surface area contributed by atoms with E-state index in [0.717, 1.165) is 60.4 Å². The van der Waals surface area contributed by atoms with Crippen LogP contribution >= 0.6 is 34.7 Å². The van der Waals surface area contributed by atoms with Crippen LogP contribution in [-0.2, 0) is 17.6 Å². The van der Waals surface area contributed by atoms with E-state index in [0.29, 0.717) is 5.15 Å². The van der Waals surface area contributed by atoms with Crippen molar-refractivity contribution in [3.8, 4) is 0 Å². The maximum absolute atomic E-state index is 6.54. The number of thiophene rings is 1. The normalized spacial score (nSPS) is 19.4. The molecule has 0 amide bonds. The predicted octanol–water partition coefficient (Wildman–Crippen LogP) is 4.04. The van der Waals surface area contributed by atoms with Crippen LogP contribution in [0, 0.1) is 0 Å². The number of aryl methyl sites for hydroxylation is 2. The topological polar surface area (TPSA) is 38.2 Å². The molecule has 130 valence electrons. The minimum absolute atomic E-state index is 0.647. The molecule has 1 saturated heterocycles. The van der Waals surface area contributed by atoms with Crippen molar-refractivity contribution >= 4 is 44.9 Å². The van der Waals surface area contributed by atoms with Gasteiger partial charge in [0.05, 0.1) is 18.6 Å². The lowest BCUT2D eigenvalue weighted by molar-refractivity contribution is 0.0410. The Morgan fingerprint density at radius 1 is 1.12 bits per heavy atom. The quantitative estimate of drug-likeness (QED) is 0.345. The Morgan fingerprint density at radius 2 is 1.96 bits per heavy atom. The summed E-state index contributed by atoms with van der Waals surface area (Å²) in [4.78, 5) is 14.4. The van der Waals surface area contributed by atoms with Gasteiger partial charge in [-0.05, 0) is 31.2 Å². The molecule has 4 rings (SSSR count). The number of ether oxygens (including phenoxy) is 1. The lowest BCUT2D eigenvalue weighted by Crippen LogP contribution is -2.37. The average Bonchev–Trinajstić information content (AvgIpc) is 2.78. The fourth-order valence-corrected chi connectivity index (χ4v) is 5.98. The van der Waals surface area contributed by atoms with E-state index in [4.69, 9.17) is 21.3 Å². The molecule has 1 aliphatic carbocycles. The van der Waals surface area contributed by atoms with Gasteiger partial charge in [0.1, 0.15) is 9.98 Å². The van der Waals surface area contributed by atoms with Gasteiger partial charge in [0.15, 0.2) is 5.16 Å². The fraction of sp³-hybridized carbons (Fsp3) is 0.647. The average molecular weight is 384 g/mol. The SMILES string of the molecule is Clc1nc(SCCN2CCOCC2)nc2sc3c(c12)CCCCC3. The molecule has 0 radical (unpaired) electrons. The maximum atomic E-state index is 6.54. The van der Waals surface area contributed by atoms with Crippen molar-refractivity contribution in [1.82, 2.24) is 14.9 Å². The standard InChI is InChI=1S/C17H22ClN3OS2/c18-15-14-12-4-2-1-3-5-13(12)24-16(14)20-17(19-15)23-11-8-21-6-9-22-10-7-21/h1-11H2. The molecule has 1 aliphatic heterocycles. The number of halogens is 1. The van der Waals surface area contributed by atoms with Crippen molar-refractivity contribution in [3.05, 3.63) is 15.6 Å². The number of thioether (sulfide) groups is 1. The van der Waals surface area contributed by atoms with Gasteiger partial charge < -0.3 is 4.74 Å². The van der Waals surface area contributed by atoms with E-state index in [1.54, 1.807) is 11.8 Å². The van der Waals surface area contributed by atoms with Gasteiger partial charge in [-0.15, -0.1) is 11.3 Å². The molecule has 0 bridgehead atoms. The lowest BCUT2D eigenvalue weighted by atomic mass is 10.1. The molecule has 7 heteroatoms. The van der Waals surface area contributed by atoms with Gasteiger partial charge in [-0.3, -0.25) is 4.90 Å². The fourth-order valence-electron chi connectivity index (χ4n) is 3.43. The smallest absolute Gasteiger partial charge is 0.190 e. The third kappa shape index (κ3) is 3.73. The van der Waals surface area contributed by atoms with Crippen molar-refractivity contribution in [3.63, 3.8) is 0 Å². The summed E-state index contributed by atoms with van der Waals surface area (Å²) in [6.07, 6.45) is 6.15. The van der Waals surface area contributed by atoms with E-state index >= 15 is 0 Å². The summed E-state index contributed by atoms with van der Waals surface area (Å²) in [6, 6.07) is 0. The van der Waals surface area contributed by atoms with Crippen LogP contribution in [0.15, 0.2) is 5.16 Å². The molecular weight excluding hydrogens is 362 g/mol. The first-order chi connectivity index (χ1) is 11.8. The first-order valence-electron chi connectivity index (χ1n) is 8.72. The minimum atomic E-state index is 0.647. The van der Waals surface area contributed by atoms with E-state index in [9.17, 15) is 0 Å². The summed E-state index contributed by atoms with van der Waals surface area (Å²) in [7, 11) is 0. The Kier molecular flexibility index (Phi) is 5.59. The molecule has 1 fully saturated rings. The Hall–Kier alpha value is -0.400. The second-order valence-corrected chi connectivity index (χ2v) is 8.85. The van der Waals surface area contributed by atoms with E-state index in [-0.39, 0.29) is 0 Å². The highest BCUT2D eigenvalue weighted by Gasteiger charge is 2.20. The molecule has 2 aromatic rings. The van der Waals surface area contributed by atoms with Gasteiger partial charge in [-0.25, -0.2) is 9.97 Å². The Balaban J connectivity index is 1.48. The molecule has 4 nitrogen and oxygen atoms in total.